The monoisotopic (exact) mass is 545 g/mol. The van der Waals surface area contributed by atoms with Crippen LogP contribution in [0.3, 0.4) is 0 Å². The zero-order valence-corrected chi connectivity index (χ0v) is 21.1. The topological polar surface area (TPSA) is 78.0 Å². The van der Waals surface area contributed by atoms with E-state index >= 15 is 0 Å². The van der Waals surface area contributed by atoms with Gasteiger partial charge in [0.05, 0.1) is 17.8 Å². The molecule has 2 aromatic heterocycles. The van der Waals surface area contributed by atoms with Gasteiger partial charge in [0.15, 0.2) is 17.4 Å². The molecule has 0 unspecified atom stereocenters. The molecule has 5 rings (SSSR count). The molecule has 0 bridgehead atoms. The van der Waals surface area contributed by atoms with Crippen molar-refractivity contribution in [3.8, 4) is 11.1 Å². The van der Waals surface area contributed by atoms with Crippen molar-refractivity contribution in [3.05, 3.63) is 125 Å². The Kier molecular flexibility index (Phi) is 7.46. The lowest BCUT2D eigenvalue weighted by atomic mass is 9.86. The zero-order valence-electron chi connectivity index (χ0n) is 21.1. The van der Waals surface area contributed by atoms with Crippen LogP contribution in [0.4, 0.5) is 17.6 Å². The molecule has 0 aliphatic rings. The third-order valence-electron chi connectivity index (χ3n) is 6.72. The second-order valence-electron chi connectivity index (χ2n) is 9.57. The van der Waals surface area contributed by atoms with Gasteiger partial charge in [0.1, 0.15) is 11.6 Å². The molecule has 5 nitrogen and oxygen atoms in total. The SMILES string of the molecule is NC(=O)c1cccc(-c2cccnc2[C@@H](CC(=O)Cn2ccc3cc(F)c(F)cc32)Cc2cc(F)cc(F)c2)c1. The number of fused-ring (bicyclic) bond motifs is 1. The Morgan fingerprint density at radius 1 is 0.875 bits per heavy atom. The highest BCUT2D eigenvalue weighted by atomic mass is 19.2. The third-order valence-corrected chi connectivity index (χ3v) is 6.72. The minimum Gasteiger partial charge on any atom is -0.366 e. The second-order valence-corrected chi connectivity index (χ2v) is 9.57. The predicted molar refractivity (Wildman–Crippen MR) is 142 cm³/mol. The standard InChI is InChI=1S/C31H23F4N3O2/c32-23-10-18(11-24(33)15-23)9-22(13-25(39)17-38-8-6-20-14-27(34)28(35)16-29(20)38)30-26(5-2-7-37-30)19-3-1-4-21(12-19)31(36)40/h1-8,10-12,14-16,22H,9,13,17H2,(H2,36,40)/t22-/m1/s1. The normalized spacial score (nSPS) is 12.0. The van der Waals surface area contributed by atoms with Crippen molar-refractivity contribution < 1.29 is 27.2 Å². The first-order valence-corrected chi connectivity index (χ1v) is 12.4. The Labute approximate surface area is 226 Å². The van der Waals surface area contributed by atoms with Gasteiger partial charge in [-0.25, -0.2) is 17.6 Å². The van der Waals surface area contributed by atoms with Gasteiger partial charge in [-0.05, 0) is 60.0 Å². The Morgan fingerprint density at radius 2 is 1.62 bits per heavy atom. The van der Waals surface area contributed by atoms with E-state index in [9.17, 15) is 27.2 Å². The smallest absolute Gasteiger partial charge is 0.248 e. The number of halogens is 4. The van der Waals surface area contributed by atoms with Crippen molar-refractivity contribution in [2.24, 2.45) is 5.73 Å². The Balaban J connectivity index is 1.51. The van der Waals surface area contributed by atoms with Crippen molar-refractivity contribution in [3.63, 3.8) is 0 Å². The molecule has 5 aromatic rings. The molecule has 0 saturated heterocycles. The molecule has 202 valence electrons. The molecule has 0 fully saturated rings. The quantitative estimate of drug-likeness (QED) is 0.220. The van der Waals surface area contributed by atoms with E-state index in [0.717, 1.165) is 18.2 Å². The Hall–Kier alpha value is -4.79. The largest absolute Gasteiger partial charge is 0.366 e. The van der Waals surface area contributed by atoms with Crippen molar-refractivity contribution in [2.75, 3.05) is 0 Å². The van der Waals surface area contributed by atoms with Gasteiger partial charge in [-0.3, -0.25) is 14.6 Å². The minimum absolute atomic E-state index is 0.0684. The zero-order chi connectivity index (χ0) is 28.4. The first-order valence-electron chi connectivity index (χ1n) is 12.4. The van der Waals surface area contributed by atoms with Crippen LogP contribution in [0.25, 0.3) is 22.0 Å². The highest BCUT2D eigenvalue weighted by molar-refractivity contribution is 5.94. The fourth-order valence-electron chi connectivity index (χ4n) is 4.96. The van der Waals surface area contributed by atoms with Crippen molar-refractivity contribution in [1.82, 2.24) is 9.55 Å². The lowest BCUT2D eigenvalue weighted by molar-refractivity contribution is -0.120. The number of pyridine rings is 1. The molecule has 0 aliphatic heterocycles. The van der Waals surface area contributed by atoms with E-state index in [1.807, 2.05) is 0 Å². The fraction of sp³-hybridized carbons (Fsp3) is 0.129. The number of hydrogen-bond donors (Lipinski definition) is 1. The molecule has 0 aliphatic carbocycles. The average Bonchev–Trinajstić information content (AvgIpc) is 3.28. The van der Waals surface area contributed by atoms with Crippen molar-refractivity contribution in [2.45, 2.75) is 25.3 Å². The van der Waals surface area contributed by atoms with Crippen LogP contribution in [0, 0.1) is 23.3 Å². The molecule has 2 N–H and O–H groups in total. The van der Waals surface area contributed by atoms with Crippen LogP contribution >= 0.6 is 0 Å². The molecule has 3 aromatic carbocycles. The van der Waals surface area contributed by atoms with Gasteiger partial charge in [0.2, 0.25) is 5.91 Å². The molecule has 9 heteroatoms. The van der Waals surface area contributed by atoms with E-state index in [1.165, 1.54) is 16.7 Å². The number of rotatable bonds is 9. The molecular formula is C31H23F4N3O2. The van der Waals surface area contributed by atoms with Crippen LogP contribution in [0.5, 0.6) is 0 Å². The summed E-state index contributed by atoms with van der Waals surface area (Å²) in [4.78, 5) is 29.7. The molecular weight excluding hydrogens is 522 g/mol. The van der Waals surface area contributed by atoms with Crippen LogP contribution in [0.1, 0.15) is 34.0 Å². The summed E-state index contributed by atoms with van der Waals surface area (Å²) in [5.41, 5.74) is 8.20. The molecule has 0 spiro atoms. The Bertz CT molecular complexity index is 1730. The number of carbonyl (C=O) groups excluding carboxylic acids is 2. The average molecular weight is 546 g/mol. The second kappa shape index (κ2) is 11.1. The van der Waals surface area contributed by atoms with Gasteiger partial charge < -0.3 is 10.3 Å². The molecule has 40 heavy (non-hydrogen) atoms. The number of nitrogens with zero attached hydrogens (tertiary/aromatic N) is 2. The van der Waals surface area contributed by atoms with E-state index in [0.29, 0.717) is 33.3 Å². The van der Waals surface area contributed by atoms with Crippen LogP contribution in [0.2, 0.25) is 0 Å². The van der Waals surface area contributed by atoms with Gasteiger partial charge >= 0.3 is 0 Å². The number of carbonyl (C=O) groups is 2. The van der Waals surface area contributed by atoms with Gasteiger partial charge in [-0.1, -0.05) is 18.2 Å². The van der Waals surface area contributed by atoms with E-state index < -0.39 is 35.1 Å². The van der Waals surface area contributed by atoms with Crippen LogP contribution in [-0.2, 0) is 17.8 Å². The Morgan fingerprint density at radius 3 is 2.38 bits per heavy atom. The number of benzene rings is 3. The molecule has 2 heterocycles. The van der Waals surface area contributed by atoms with Crippen LogP contribution in [0.15, 0.2) is 85.2 Å². The lowest BCUT2D eigenvalue weighted by Crippen LogP contribution is -2.17. The first-order chi connectivity index (χ1) is 19.2. The summed E-state index contributed by atoms with van der Waals surface area (Å²) in [7, 11) is 0. The maximum atomic E-state index is 14.0. The summed E-state index contributed by atoms with van der Waals surface area (Å²) in [5.74, 6) is -4.98. The number of Topliss-reactive ketones (excluding diaryl/α,β-unsaturated/α-hetero) is 1. The number of ketones is 1. The maximum Gasteiger partial charge on any atom is 0.248 e. The van der Waals surface area contributed by atoms with Gasteiger partial charge in [-0.15, -0.1) is 0 Å². The van der Waals surface area contributed by atoms with Gasteiger partial charge in [-0.2, -0.15) is 0 Å². The number of amides is 1. The van der Waals surface area contributed by atoms with Crippen LogP contribution < -0.4 is 5.73 Å². The molecule has 0 saturated carbocycles. The summed E-state index contributed by atoms with van der Waals surface area (Å²) in [6, 6.07) is 17.0. The van der Waals surface area contributed by atoms with Crippen molar-refractivity contribution in [1.29, 1.82) is 0 Å². The van der Waals surface area contributed by atoms with Gasteiger partial charge in [0.25, 0.3) is 0 Å². The summed E-state index contributed by atoms with van der Waals surface area (Å²) in [6.45, 7) is -0.137. The summed E-state index contributed by atoms with van der Waals surface area (Å²) in [6.07, 6.45) is 3.14. The predicted octanol–water partition coefficient (Wildman–Crippen LogP) is 6.34. The fourth-order valence-corrected chi connectivity index (χ4v) is 4.96. The number of aromatic nitrogens is 2. The van der Waals surface area contributed by atoms with Crippen molar-refractivity contribution >= 4 is 22.6 Å². The van der Waals surface area contributed by atoms with Gasteiger partial charge in [0, 0.05) is 53.4 Å². The maximum absolute atomic E-state index is 14.0. The molecule has 1 atom stereocenters. The number of nitrogens with two attached hydrogens (primary N) is 1. The van der Waals surface area contributed by atoms with E-state index in [4.69, 9.17) is 5.73 Å². The number of primary amides is 1. The van der Waals surface area contributed by atoms with E-state index in [2.05, 4.69) is 4.98 Å². The summed E-state index contributed by atoms with van der Waals surface area (Å²) >= 11 is 0. The third kappa shape index (κ3) is 5.78. The van der Waals surface area contributed by atoms with E-state index in [-0.39, 0.29) is 30.7 Å². The molecule has 1 amide bonds. The van der Waals surface area contributed by atoms with Crippen LogP contribution in [-0.4, -0.2) is 21.2 Å². The highest BCUT2D eigenvalue weighted by Crippen LogP contribution is 2.33. The minimum atomic E-state index is -1.03. The van der Waals surface area contributed by atoms with E-state index in [1.54, 1.807) is 54.9 Å². The summed E-state index contributed by atoms with van der Waals surface area (Å²) in [5, 5.41) is 0.444. The molecule has 0 radical (unpaired) electrons. The highest BCUT2D eigenvalue weighted by Gasteiger charge is 2.23. The lowest BCUT2D eigenvalue weighted by Gasteiger charge is -2.20. The number of hydrogen-bond acceptors (Lipinski definition) is 3. The summed E-state index contributed by atoms with van der Waals surface area (Å²) < 4.78 is 57.2. The first kappa shape index (κ1) is 26.8.